The number of nitrogens with one attached hydrogen (secondary N) is 1. The number of hydrogen-bond acceptors (Lipinski definition) is 5. The van der Waals surface area contributed by atoms with Gasteiger partial charge in [-0.05, 0) is 26.7 Å². The predicted octanol–water partition coefficient (Wildman–Crippen LogP) is 3.00. The molecular weight excluding hydrogens is 260 g/mol. The lowest BCUT2D eigenvalue weighted by Gasteiger charge is -2.25. The molecule has 0 spiro atoms. The van der Waals surface area contributed by atoms with E-state index in [2.05, 4.69) is 31.1 Å². The molecule has 108 valence electrons. The van der Waals surface area contributed by atoms with Gasteiger partial charge in [0.25, 0.3) is 0 Å². The maximum absolute atomic E-state index is 11.9. The largest absolute Gasteiger partial charge is 0.468 e. The molecule has 0 aliphatic heterocycles. The van der Waals surface area contributed by atoms with E-state index in [1.807, 2.05) is 13.8 Å². The Morgan fingerprint density at radius 2 is 2.05 bits per heavy atom. The quantitative estimate of drug-likeness (QED) is 0.816. The van der Waals surface area contributed by atoms with Crippen LogP contribution in [0.3, 0.4) is 0 Å². The predicted molar refractivity (Wildman–Crippen MR) is 78.4 cm³/mol. The summed E-state index contributed by atoms with van der Waals surface area (Å²) in [4.78, 5) is 17.5. The summed E-state index contributed by atoms with van der Waals surface area (Å²) < 4.78 is 4.89. The lowest BCUT2D eigenvalue weighted by atomic mass is 9.98. The van der Waals surface area contributed by atoms with Gasteiger partial charge in [0.15, 0.2) is 0 Å². The number of rotatable bonds is 6. The van der Waals surface area contributed by atoms with Crippen LogP contribution in [0.4, 0.5) is 0 Å². The summed E-state index contributed by atoms with van der Waals surface area (Å²) in [7, 11) is 1.44. The first-order valence-corrected chi connectivity index (χ1v) is 7.50. The highest BCUT2D eigenvalue weighted by atomic mass is 32.1. The zero-order valence-corrected chi connectivity index (χ0v) is 13.4. The van der Waals surface area contributed by atoms with Gasteiger partial charge in [0, 0.05) is 10.9 Å². The van der Waals surface area contributed by atoms with Crippen molar-refractivity contribution in [3.8, 4) is 0 Å². The molecule has 1 aromatic heterocycles. The molecule has 3 unspecified atom stereocenters. The lowest BCUT2D eigenvalue weighted by Crippen LogP contribution is -2.43. The Morgan fingerprint density at radius 1 is 1.42 bits per heavy atom. The van der Waals surface area contributed by atoms with E-state index in [0.717, 1.165) is 17.1 Å². The van der Waals surface area contributed by atoms with Crippen molar-refractivity contribution in [2.75, 3.05) is 7.11 Å². The van der Waals surface area contributed by atoms with Gasteiger partial charge in [-0.25, -0.2) is 4.98 Å². The van der Waals surface area contributed by atoms with E-state index < -0.39 is 0 Å². The molecule has 0 aliphatic rings. The van der Waals surface area contributed by atoms with Crippen molar-refractivity contribution in [1.29, 1.82) is 0 Å². The molecular formula is C14H24N2O2S. The minimum absolute atomic E-state index is 0.101. The Hall–Kier alpha value is -0.940. The standard InChI is InChI=1S/C14H24N2O2S/c1-7-8(2)12(14(17)18-6)16-10(4)13-9(3)15-11(5)19-13/h8,10,12,16H,7H2,1-6H3. The number of methoxy groups -OCH3 is 1. The van der Waals surface area contributed by atoms with E-state index in [-0.39, 0.29) is 24.0 Å². The monoisotopic (exact) mass is 284 g/mol. The summed E-state index contributed by atoms with van der Waals surface area (Å²) in [5, 5.41) is 4.44. The van der Waals surface area contributed by atoms with Crippen molar-refractivity contribution in [3.05, 3.63) is 15.6 Å². The zero-order chi connectivity index (χ0) is 14.6. The minimum Gasteiger partial charge on any atom is -0.468 e. The van der Waals surface area contributed by atoms with Crippen LogP contribution in [-0.2, 0) is 9.53 Å². The molecule has 0 radical (unpaired) electrons. The summed E-state index contributed by atoms with van der Waals surface area (Å²) in [6.07, 6.45) is 0.931. The van der Waals surface area contributed by atoms with Crippen molar-refractivity contribution in [3.63, 3.8) is 0 Å². The van der Waals surface area contributed by atoms with Gasteiger partial charge in [-0.15, -0.1) is 11.3 Å². The number of aromatic nitrogens is 1. The normalized spacial score (nSPS) is 15.9. The number of hydrogen-bond donors (Lipinski definition) is 1. The van der Waals surface area contributed by atoms with Crippen LogP contribution in [0.25, 0.3) is 0 Å². The third-order valence-electron chi connectivity index (χ3n) is 3.43. The molecule has 0 amide bonds. The fourth-order valence-corrected chi connectivity index (χ4v) is 3.06. The lowest BCUT2D eigenvalue weighted by molar-refractivity contribution is -0.144. The first-order valence-electron chi connectivity index (χ1n) is 6.68. The van der Waals surface area contributed by atoms with Gasteiger partial charge in [-0.1, -0.05) is 20.3 Å². The molecule has 1 N–H and O–H groups in total. The Balaban J connectivity index is 2.84. The van der Waals surface area contributed by atoms with Gasteiger partial charge in [0.05, 0.1) is 17.8 Å². The SMILES string of the molecule is CCC(C)C(NC(C)c1sc(C)nc1C)C(=O)OC. The van der Waals surface area contributed by atoms with Gasteiger partial charge in [-0.3, -0.25) is 10.1 Å². The van der Waals surface area contributed by atoms with Crippen molar-refractivity contribution in [2.45, 2.75) is 53.1 Å². The number of ether oxygens (including phenoxy) is 1. The van der Waals surface area contributed by atoms with E-state index in [9.17, 15) is 4.79 Å². The first kappa shape index (κ1) is 16.1. The van der Waals surface area contributed by atoms with Crippen LogP contribution < -0.4 is 5.32 Å². The van der Waals surface area contributed by atoms with Crippen molar-refractivity contribution in [2.24, 2.45) is 5.92 Å². The molecule has 0 saturated heterocycles. The van der Waals surface area contributed by atoms with Gasteiger partial charge in [-0.2, -0.15) is 0 Å². The highest BCUT2D eigenvalue weighted by Crippen LogP contribution is 2.25. The Morgan fingerprint density at radius 3 is 2.47 bits per heavy atom. The molecule has 5 heteroatoms. The van der Waals surface area contributed by atoms with Crippen LogP contribution in [0, 0.1) is 19.8 Å². The average molecular weight is 284 g/mol. The second-order valence-corrected chi connectivity index (χ2v) is 6.19. The summed E-state index contributed by atoms with van der Waals surface area (Å²) in [6.45, 7) is 10.2. The third-order valence-corrected chi connectivity index (χ3v) is 4.69. The molecule has 0 aromatic carbocycles. The van der Waals surface area contributed by atoms with Gasteiger partial charge in [0.1, 0.15) is 6.04 Å². The van der Waals surface area contributed by atoms with E-state index in [4.69, 9.17) is 4.74 Å². The fraction of sp³-hybridized carbons (Fsp3) is 0.714. The van der Waals surface area contributed by atoms with Crippen molar-refractivity contribution < 1.29 is 9.53 Å². The number of thiazole rings is 1. The number of esters is 1. The van der Waals surface area contributed by atoms with Crippen LogP contribution in [0.15, 0.2) is 0 Å². The van der Waals surface area contributed by atoms with Gasteiger partial charge in [0.2, 0.25) is 0 Å². The number of carbonyl (C=O) groups is 1. The van der Waals surface area contributed by atoms with E-state index >= 15 is 0 Å². The Kier molecular flexibility index (Phi) is 5.94. The van der Waals surface area contributed by atoms with Crippen LogP contribution in [0.5, 0.6) is 0 Å². The van der Waals surface area contributed by atoms with Gasteiger partial charge >= 0.3 is 5.97 Å². The molecule has 0 aliphatic carbocycles. The van der Waals surface area contributed by atoms with E-state index in [1.165, 1.54) is 12.0 Å². The molecule has 0 fully saturated rings. The average Bonchev–Trinajstić information content (AvgIpc) is 2.73. The molecule has 1 rings (SSSR count). The van der Waals surface area contributed by atoms with Crippen LogP contribution in [-0.4, -0.2) is 24.1 Å². The fourth-order valence-electron chi connectivity index (χ4n) is 2.12. The molecule has 1 aromatic rings. The first-order chi connectivity index (χ1) is 8.90. The summed E-state index contributed by atoms with van der Waals surface area (Å²) in [5.74, 6) is 0.0457. The highest BCUT2D eigenvalue weighted by molar-refractivity contribution is 7.11. The van der Waals surface area contributed by atoms with E-state index in [1.54, 1.807) is 11.3 Å². The highest BCUT2D eigenvalue weighted by Gasteiger charge is 2.27. The maximum Gasteiger partial charge on any atom is 0.323 e. The summed E-state index contributed by atoms with van der Waals surface area (Å²) in [6, 6.07) is -0.170. The topological polar surface area (TPSA) is 51.2 Å². The molecule has 0 saturated carbocycles. The number of aryl methyl sites for hydroxylation is 2. The Bertz CT molecular complexity index is 431. The minimum atomic E-state index is -0.271. The summed E-state index contributed by atoms with van der Waals surface area (Å²) >= 11 is 1.68. The molecule has 0 bridgehead atoms. The van der Waals surface area contributed by atoms with Gasteiger partial charge < -0.3 is 4.74 Å². The smallest absolute Gasteiger partial charge is 0.323 e. The molecule has 19 heavy (non-hydrogen) atoms. The number of carbonyl (C=O) groups excluding carboxylic acids is 1. The number of nitrogens with zero attached hydrogens (tertiary/aromatic N) is 1. The van der Waals surface area contributed by atoms with E-state index in [0.29, 0.717) is 0 Å². The maximum atomic E-state index is 11.9. The molecule has 1 heterocycles. The van der Waals surface area contributed by atoms with Crippen LogP contribution in [0.2, 0.25) is 0 Å². The van der Waals surface area contributed by atoms with Crippen molar-refractivity contribution in [1.82, 2.24) is 10.3 Å². The zero-order valence-electron chi connectivity index (χ0n) is 12.6. The second kappa shape index (κ2) is 7.01. The van der Waals surface area contributed by atoms with Crippen molar-refractivity contribution >= 4 is 17.3 Å². The van der Waals surface area contributed by atoms with Crippen LogP contribution in [0.1, 0.15) is 48.8 Å². The summed E-state index contributed by atoms with van der Waals surface area (Å²) in [5.41, 5.74) is 1.04. The van der Waals surface area contributed by atoms with Crippen LogP contribution >= 0.6 is 11.3 Å². The third kappa shape index (κ3) is 4.01. The Labute approximate surface area is 119 Å². The molecule has 4 nitrogen and oxygen atoms in total. The second-order valence-electron chi connectivity index (χ2n) is 4.96. The molecule has 3 atom stereocenters.